The molecular weight excluding hydrogens is 134 g/mol. The fourth-order valence-corrected chi connectivity index (χ4v) is 0.513. The molecule has 0 heterocycles. The molecule has 2 nitrogen and oxygen atoms in total. The lowest BCUT2D eigenvalue weighted by molar-refractivity contribution is 0.389. The fraction of sp³-hybridized carbons (Fsp3) is 0. The molecule has 0 aliphatic heterocycles. The predicted octanol–water partition coefficient (Wildman–Crippen LogP) is 1.60. The van der Waals surface area contributed by atoms with Crippen LogP contribution in [0.5, 0.6) is 0 Å². The minimum Gasteiger partial charge on any atom is -0.291 e. The second kappa shape index (κ2) is 4.23. The summed E-state index contributed by atoms with van der Waals surface area (Å²) in [5, 5.41) is 8.29. The monoisotopic (exact) mass is 143 g/mol. The molecule has 0 unspecified atom stereocenters. The summed E-state index contributed by atoms with van der Waals surface area (Å²) in [6, 6.07) is 9.14. The summed E-state index contributed by atoms with van der Waals surface area (Å²) in [6.45, 7) is 0. The zero-order valence-corrected chi connectivity index (χ0v) is 5.83. The average Bonchev–Trinajstić information content (AvgIpc) is 1.90. The minimum atomic E-state index is 0. The van der Waals surface area contributed by atoms with E-state index in [2.05, 4.69) is 0 Å². The maximum atomic E-state index is 8.29. The summed E-state index contributed by atoms with van der Waals surface area (Å²) in [6.07, 6.45) is 0. The van der Waals surface area contributed by atoms with Crippen LogP contribution in [0.3, 0.4) is 0 Å². The number of nitrogens with one attached hydrogen (secondary N) is 1. The smallest absolute Gasteiger partial charge is 0.0602 e. The van der Waals surface area contributed by atoms with Crippen LogP contribution >= 0.6 is 13.5 Å². The van der Waals surface area contributed by atoms with Gasteiger partial charge in [-0.05, 0) is 12.1 Å². The molecule has 0 fully saturated rings. The van der Waals surface area contributed by atoms with Crippen molar-refractivity contribution in [2.24, 2.45) is 0 Å². The van der Waals surface area contributed by atoms with Gasteiger partial charge in [-0.2, -0.15) is 13.5 Å². The Labute approximate surface area is 60.9 Å². The summed E-state index contributed by atoms with van der Waals surface area (Å²) >= 11 is 0. The number of rotatable bonds is 1. The Morgan fingerprint density at radius 3 is 2.00 bits per heavy atom. The molecule has 0 aliphatic carbocycles. The molecule has 1 aromatic rings. The number of benzene rings is 1. The van der Waals surface area contributed by atoms with Crippen molar-refractivity contribution in [3.8, 4) is 0 Å². The first-order valence-electron chi connectivity index (χ1n) is 2.38. The first-order valence-corrected chi connectivity index (χ1v) is 2.38. The van der Waals surface area contributed by atoms with Crippen molar-refractivity contribution in [1.82, 2.24) is 0 Å². The molecule has 0 aromatic heterocycles. The zero-order valence-electron chi connectivity index (χ0n) is 4.83. The van der Waals surface area contributed by atoms with Crippen LogP contribution in [0.25, 0.3) is 0 Å². The van der Waals surface area contributed by atoms with Crippen molar-refractivity contribution < 1.29 is 5.21 Å². The molecule has 0 radical (unpaired) electrons. The molecule has 0 bridgehead atoms. The minimum absolute atomic E-state index is 0. The Morgan fingerprint density at radius 2 is 1.67 bits per heavy atom. The van der Waals surface area contributed by atoms with Gasteiger partial charge in [-0.3, -0.25) is 10.7 Å². The van der Waals surface area contributed by atoms with Crippen LogP contribution in [0, 0.1) is 0 Å². The number of hydrogen-bond donors (Lipinski definition) is 2. The van der Waals surface area contributed by atoms with E-state index in [9.17, 15) is 0 Å². The molecule has 2 N–H and O–H groups in total. The topological polar surface area (TPSA) is 32.3 Å². The van der Waals surface area contributed by atoms with Crippen molar-refractivity contribution in [2.45, 2.75) is 0 Å². The largest absolute Gasteiger partial charge is 0.291 e. The third-order valence-corrected chi connectivity index (χ3v) is 0.903. The lowest BCUT2D eigenvalue weighted by Crippen LogP contribution is -1.85. The highest BCUT2D eigenvalue weighted by Gasteiger charge is 1.79. The Kier molecular flexibility index (Phi) is 3.92. The third-order valence-electron chi connectivity index (χ3n) is 0.903. The third kappa shape index (κ3) is 2.39. The van der Waals surface area contributed by atoms with E-state index in [0.29, 0.717) is 5.69 Å². The molecule has 0 spiro atoms. The molecule has 1 rings (SSSR count). The van der Waals surface area contributed by atoms with Gasteiger partial charge in [0.25, 0.3) is 0 Å². The molecule has 3 heteroatoms. The van der Waals surface area contributed by atoms with Gasteiger partial charge in [0.1, 0.15) is 0 Å². The molecule has 0 saturated heterocycles. The Morgan fingerprint density at radius 1 is 1.11 bits per heavy atom. The van der Waals surface area contributed by atoms with Crippen LogP contribution in [0.2, 0.25) is 0 Å². The molecule has 0 saturated carbocycles. The summed E-state index contributed by atoms with van der Waals surface area (Å²) < 4.78 is 0. The first kappa shape index (κ1) is 8.33. The first-order chi connectivity index (χ1) is 3.93. The van der Waals surface area contributed by atoms with E-state index in [0.717, 1.165) is 0 Å². The molecule has 50 valence electrons. The normalized spacial score (nSPS) is 7.67. The van der Waals surface area contributed by atoms with Crippen LogP contribution in [0.4, 0.5) is 5.69 Å². The van der Waals surface area contributed by atoms with Crippen molar-refractivity contribution >= 4 is 19.2 Å². The highest BCUT2D eigenvalue weighted by atomic mass is 32.1. The predicted molar refractivity (Wildman–Crippen MR) is 42.2 cm³/mol. The van der Waals surface area contributed by atoms with E-state index in [1.54, 1.807) is 12.1 Å². The summed E-state index contributed by atoms with van der Waals surface area (Å²) in [5.74, 6) is 0. The second-order valence-corrected chi connectivity index (χ2v) is 1.48. The second-order valence-electron chi connectivity index (χ2n) is 1.48. The highest BCUT2D eigenvalue weighted by molar-refractivity contribution is 7.59. The molecule has 0 amide bonds. The van der Waals surface area contributed by atoms with Crippen LogP contribution in [0.1, 0.15) is 0 Å². The van der Waals surface area contributed by atoms with E-state index in [1.807, 2.05) is 23.7 Å². The van der Waals surface area contributed by atoms with Gasteiger partial charge in [-0.25, -0.2) is 0 Å². The van der Waals surface area contributed by atoms with Crippen molar-refractivity contribution in [1.29, 1.82) is 0 Å². The Balaban J connectivity index is 0.000000640. The van der Waals surface area contributed by atoms with E-state index >= 15 is 0 Å². The maximum absolute atomic E-state index is 8.29. The number of hydrogen-bond acceptors (Lipinski definition) is 2. The van der Waals surface area contributed by atoms with Crippen LogP contribution in [-0.4, -0.2) is 5.21 Å². The number of anilines is 1. The van der Waals surface area contributed by atoms with Gasteiger partial charge in [0.15, 0.2) is 0 Å². The van der Waals surface area contributed by atoms with Gasteiger partial charge in [0, 0.05) is 0 Å². The highest BCUT2D eigenvalue weighted by Crippen LogP contribution is 2.01. The maximum Gasteiger partial charge on any atom is 0.0602 e. The molecule has 0 atom stereocenters. The molecule has 0 aliphatic rings. The van der Waals surface area contributed by atoms with E-state index < -0.39 is 0 Å². The van der Waals surface area contributed by atoms with Crippen molar-refractivity contribution in [2.75, 3.05) is 5.48 Å². The lowest BCUT2D eigenvalue weighted by Gasteiger charge is -1.92. The SMILES string of the molecule is ONc1ccccc1.S. The summed E-state index contributed by atoms with van der Waals surface area (Å²) in [5.41, 5.74) is 2.74. The van der Waals surface area contributed by atoms with Crippen molar-refractivity contribution in [3.05, 3.63) is 30.3 Å². The molecule has 1 aromatic carbocycles. The van der Waals surface area contributed by atoms with Gasteiger partial charge in [0.2, 0.25) is 0 Å². The van der Waals surface area contributed by atoms with Crippen LogP contribution in [0.15, 0.2) is 30.3 Å². The van der Waals surface area contributed by atoms with Gasteiger partial charge >= 0.3 is 0 Å². The van der Waals surface area contributed by atoms with Crippen LogP contribution in [-0.2, 0) is 0 Å². The summed E-state index contributed by atoms with van der Waals surface area (Å²) in [4.78, 5) is 0. The van der Waals surface area contributed by atoms with Crippen molar-refractivity contribution in [3.63, 3.8) is 0 Å². The Hall–Kier alpha value is -0.670. The van der Waals surface area contributed by atoms with Gasteiger partial charge in [0.05, 0.1) is 5.69 Å². The summed E-state index contributed by atoms with van der Waals surface area (Å²) in [7, 11) is 0. The quantitative estimate of drug-likeness (QED) is 0.585. The lowest BCUT2D eigenvalue weighted by atomic mass is 10.3. The van der Waals surface area contributed by atoms with Gasteiger partial charge in [-0.1, -0.05) is 18.2 Å². The van der Waals surface area contributed by atoms with Crippen LogP contribution < -0.4 is 5.48 Å². The Bertz CT molecular complexity index is 154. The zero-order chi connectivity index (χ0) is 5.82. The molecular formula is C6H9NOS. The fourth-order valence-electron chi connectivity index (χ4n) is 0.513. The van der Waals surface area contributed by atoms with E-state index in [-0.39, 0.29) is 13.5 Å². The van der Waals surface area contributed by atoms with Gasteiger partial charge in [-0.15, -0.1) is 0 Å². The molecule has 9 heavy (non-hydrogen) atoms. The number of para-hydroxylation sites is 1. The average molecular weight is 143 g/mol. The van der Waals surface area contributed by atoms with E-state index in [4.69, 9.17) is 5.21 Å². The van der Waals surface area contributed by atoms with E-state index in [1.165, 1.54) is 0 Å². The standard InChI is InChI=1S/C6H7NO.H2S/c8-7-6-4-2-1-3-5-6;/h1-5,7-8H;1H2. The van der Waals surface area contributed by atoms with Gasteiger partial charge < -0.3 is 0 Å².